The molecule has 1 rings (SSSR count). The molecule has 4 nitrogen and oxygen atoms in total. The van der Waals surface area contributed by atoms with Crippen molar-refractivity contribution in [3.8, 4) is 5.75 Å². The molecule has 0 aliphatic carbocycles. The zero-order chi connectivity index (χ0) is 8.27. The first kappa shape index (κ1) is 16.6. The summed E-state index contributed by atoms with van der Waals surface area (Å²) in [5.41, 5.74) is 5.92. The quantitative estimate of drug-likeness (QED) is 0.303. The summed E-state index contributed by atoms with van der Waals surface area (Å²) in [6.45, 7) is 0. The van der Waals surface area contributed by atoms with Crippen LogP contribution < -0.4 is 79.2 Å². The van der Waals surface area contributed by atoms with Gasteiger partial charge in [0.15, 0.2) is 0 Å². The standard InChI is InChI=1S/C6H6NO3P.2Na/c7-5-1-3-6(4-2-5)10-11(8)9;;/h1-4H,7H2;;/q-2;2*+1. The first-order chi connectivity index (χ1) is 5.18. The zero-order valence-electron chi connectivity index (χ0n) is 7.56. The maximum Gasteiger partial charge on any atom is 1.00 e. The second-order valence-corrected chi connectivity index (χ2v) is 2.51. The molecule has 7 heteroatoms. The molecule has 13 heavy (non-hydrogen) atoms. The molecule has 0 radical (unpaired) electrons. The van der Waals surface area contributed by atoms with Crippen molar-refractivity contribution in [3.05, 3.63) is 24.3 Å². The van der Waals surface area contributed by atoms with Gasteiger partial charge in [0.05, 0.1) is 0 Å². The van der Waals surface area contributed by atoms with Gasteiger partial charge >= 0.3 is 59.1 Å². The fraction of sp³-hybridized carbons (Fsp3) is 0. The van der Waals surface area contributed by atoms with Gasteiger partial charge in [0, 0.05) is 5.69 Å². The number of nitrogen functional groups attached to an aromatic ring is 1. The predicted octanol–water partition coefficient (Wildman–Crippen LogP) is -6.40. The van der Waals surface area contributed by atoms with Gasteiger partial charge < -0.3 is 20.0 Å². The minimum Gasteiger partial charge on any atom is -0.810 e. The molecule has 60 valence electrons. The van der Waals surface area contributed by atoms with E-state index >= 15 is 0 Å². The molecule has 0 aliphatic heterocycles. The van der Waals surface area contributed by atoms with Crippen LogP contribution in [0.5, 0.6) is 5.75 Å². The largest absolute Gasteiger partial charge is 1.00 e. The zero-order valence-corrected chi connectivity index (χ0v) is 12.5. The van der Waals surface area contributed by atoms with Gasteiger partial charge in [-0.2, -0.15) is 0 Å². The number of benzene rings is 1. The van der Waals surface area contributed by atoms with Crippen molar-refractivity contribution in [3.63, 3.8) is 0 Å². The van der Waals surface area contributed by atoms with E-state index in [4.69, 9.17) is 5.73 Å². The van der Waals surface area contributed by atoms with E-state index in [2.05, 4.69) is 4.52 Å². The summed E-state index contributed by atoms with van der Waals surface area (Å²) in [6, 6.07) is 6.10. The van der Waals surface area contributed by atoms with Gasteiger partial charge in [-0.3, -0.25) is 0 Å². The fourth-order valence-electron chi connectivity index (χ4n) is 0.615. The third kappa shape index (κ3) is 7.14. The van der Waals surface area contributed by atoms with Crippen LogP contribution in [-0.2, 0) is 0 Å². The minimum atomic E-state index is -2.83. The summed E-state index contributed by atoms with van der Waals surface area (Å²) >= 11 is 0. The molecule has 0 bridgehead atoms. The predicted molar refractivity (Wildman–Crippen MR) is 38.4 cm³/mol. The molecule has 0 unspecified atom stereocenters. The third-order valence-electron chi connectivity index (χ3n) is 1.06. The Morgan fingerprint density at radius 2 is 1.54 bits per heavy atom. The minimum absolute atomic E-state index is 0. The van der Waals surface area contributed by atoms with Crippen LogP contribution in [0, 0.1) is 0 Å². The first-order valence-corrected chi connectivity index (χ1v) is 3.96. The van der Waals surface area contributed by atoms with Crippen molar-refractivity contribution in [1.82, 2.24) is 0 Å². The smallest absolute Gasteiger partial charge is 0.810 e. The van der Waals surface area contributed by atoms with E-state index in [-0.39, 0.29) is 64.9 Å². The molecule has 0 aliphatic rings. The molecule has 0 saturated carbocycles. The van der Waals surface area contributed by atoms with E-state index in [1.54, 1.807) is 12.1 Å². The molecule has 0 atom stereocenters. The molecule has 0 aromatic heterocycles. The summed E-state index contributed by atoms with van der Waals surface area (Å²) in [5, 5.41) is 0. The van der Waals surface area contributed by atoms with Gasteiger partial charge in [0.2, 0.25) is 0 Å². The molecule has 0 amide bonds. The van der Waals surface area contributed by atoms with Crippen LogP contribution in [0.15, 0.2) is 24.3 Å². The average molecular weight is 217 g/mol. The third-order valence-corrected chi connectivity index (χ3v) is 1.42. The molecule has 0 heterocycles. The normalized spacial score (nSPS) is 8.54. The number of hydrogen-bond acceptors (Lipinski definition) is 4. The summed E-state index contributed by atoms with van der Waals surface area (Å²) in [7, 11) is -2.83. The van der Waals surface area contributed by atoms with Gasteiger partial charge in [-0.15, -0.1) is 0 Å². The SMILES string of the molecule is Nc1ccc(OP([O-])[O-])cc1.[Na+].[Na+]. The van der Waals surface area contributed by atoms with E-state index in [0.717, 1.165) is 0 Å². The van der Waals surface area contributed by atoms with Crippen LogP contribution in [0.25, 0.3) is 0 Å². The summed E-state index contributed by atoms with van der Waals surface area (Å²) < 4.78 is 4.37. The van der Waals surface area contributed by atoms with Crippen molar-refractivity contribution < 1.29 is 73.4 Å². The molecular formula is C6H6NNa2O3P. The van der Waals surface area contributed by atoms with Crippen LogP contribution in [0.4, 0.5) is 5.69 Å². The number of rotatable bonds is 2. The summed E-state index contributed by atoms with van der Waals surface area (Å²) in [5.74, 6) is 0.273. The Bertz CT molecular complexity index is 232. The first-order valence-electron chi connectivity index (χ1n) is 2.86. The van der Waals surface area contributed by atoms with Gasteiger partial charge in [-0.05, 0) is 24.3 Å². The van der Waals surface area contributed by atoms with Crippen molar-refractivity contribution in [1.29, 1.82) is 0 Å². The molecule has 1 aromatic rings. The summed E-state index contributed by atoms with van der Waals surface area (Å²) in [4.78, 5) is 20.1. The Hall–Kier alpha value is 1.17. The molecule has 0 fully saturated rings. The van der Waals surface area contributed by atoms with Crippen LogP contribution in [0.1, 0.15) is 0 Å². The van der Waals surface area contributed by atoms with Crippen molar-refractivity contribution in [2.24, 2.45) is 0 Å². The Morgan fingerprint density at radius 1 is 1.08 bits per heavy atom. The maximum atomic E-state index is 10.0. The maximum absolute atomic E-state index is 10.0. The van der Waals surface area contributed by atoms with Gasteiger partial charge in [-0.25, -0.2) is 0 Å². The van der Waals surface area contributed by atoms with Crippen LogP contribution in [0.2, 0.25) is 0 Å². The van der Waals surface area contributed by atoms with E-state index in [1.165, 1.54) is 12.1 Å². The summed E-state index contributed by atoms with van der Waals surface area (Å²) in [6.07, 6.45) is 0. The van der Waals surface area contributed by atoms with Gasteiger partial charge in [-0.1, -0.05) is 8.60 Å². The van der Waals surface area contributed by atoms with Crippen molar-refractivity contribution in [2.45, 2.75) is 0 Å². The average Bonchev–Trinajstić information content (AvgIpc) is 1.93. The van der Waals surface area contributed by atoms with Gasteiger partial charge in [0.1, 0.15) is 5.75 Å². The monoisotopic (exact) mass is 217 g/mol. The topological polar surface area (TPSA) is 81.4 Å². The van der Waals surface area contributed by atoms with Crippen molar-refractivity contribution >= 4 is 14.3 Å². The Kier molecular flexibility index (Phi) is 10.8. The van der Waals surface area contributed by atoms with E-state index in [9.17, 15) is 9.79 Å². The number of nitrogens with two attached hydrogens (primary N) is 1. The Balaban J connectivity index is 0. The Labute approximate surface area is 122 Å². The van der Waals surface area contributed by atoms with E-state index < -0.39 is 8.60 Å². The second kappa shape index (κ2) is 8.48. The fourth-order valence-corrected chi connectivity index (χ4v) is 0.909. The molecule has 0 spiro atoms. The van der Waals surface area contributed by atoms with Gasteiger partial charge in [0.25, 0.3) is 0 Å². The van der Waals surface area contributed by atoms with E-state index in [0.29, 0.717) is 5.69 Å². The second-order valence-electron chi connectivity index (χ2n) is 1.88. The molecule has 2 N–H and O–H groups in total. The number of hydrogen-bond donors (Lipinski definition) is 1. The van der Waals surface area contributed by atoms with E-state index in [1.807, 2.05) is 0 Å². The Morgan fingerprint density at radius 3 is 1.92 bits per heavy atom. The van der Waals surface area contributed by atoms with Crippen molar-refractivity contribution in [2.75, 3.05) is 5.73 Å². The molecule has 0 saturated heterocycles. The van der Waals surface area contributed by atoms with Crippen LogP contribution in [0.3, 0.4) is 0 Å². The molecular weight excluding hydrogens is 211 g/mol. The van der Waals surface area contributed by atoms with Crippen LogP contribution >= 0.6 is 8.60 Å². The van der Waals surface area contributed by atoms with Crippen LogP contribution in [-0.4, -0.2) is 0 Å². The number of anilines is 1. The molecule has 1 aromatic carbocycles.